The van der Waals surface area contributed by atoms with Gasteiger partial charge in [0.1, 0.15) is 16.7 Å². The van der Waals surface area contributed by atoms with Gasteiger partial charge < -0.3 is 8.83 Å². The molecule has 3 heteroatoms. The summed E-state index contributed by atoms with van der Waals surface area (Å²) in [4.78, 5) is 0. The summed E-state index contributed by atoms with van der Waals surface area (Å²) < 4.78 is 16.2. The first-order chi connectivity index (χ1) is 30.2. The molecule has 14 rings (SSSR count). The van der Waals surface area contributed by atoms with E-state index in [1.54, 1.807) is 0 Å². The fraction of sp³-hybridized carbons (Fsp3) is 0. The van der Waals surface area contributed by atoms with E-state index in [2.05, 4.69) is 194 Å². The van der Waals surface area contributed by atoms with Gasteiger partial charge in [-0.25, -0.2) is 0 Å². The molecule has 3 aromatic heterocycles. The van der Waals surface area contributed by atoms with Gasteiger partial charge in [0.15, 0.2) is 5.58 Å². The molecule has 0 aliphatic carbocycles. The average molecular weight is 793 g/mol. The highest BCUT2D eigenvalue weighted by atomic mass is 32.1. The number of furan rings is 2. The largest absolute Gasteiger partial charge is 0.456 e. The van der Waals surface area contributed by atoms with E-state index in [0.29, 0.717) is 0 Å². The van der Waals surface area contributed by atoms with Crippen LogP contribution in [-0.2, 0) is 0 Å². The van der Waals surface area contributed by atoms with Crippen molar-refractivity contribution < 1.29 is 8.83 Å². The fourth-order valence-electron chi connectivity index (χ4n) is 10.4. The SMILES string of the molecule is c1ccc2c(-c3c4ccccc4c(-c4ccc5c(c4)oc4cc(-c6cc7c8ccc9c%10ccccc%10sc9c8oc7c7ccccc67)ccc45)c4ccccc34)cccc2c1. The molecule has 0 atom stereocenters. The molecule has 0 saturated heterocycles. The molecule has 0 radical (unpaired) electrons. The van der Waals surface area contributed by atoms with Crippen molar-refractivity contribution in [3.63, 3.8) is 0 Å². The van der Waals surface area contributed by atoms with Gasteiger partial charge in [-0.3, -0.25) is 0 Å². The minimum absolute atomic E-state index is 0.874. The molecule has 0 aliphatic heterocycles. The van der Waals surface area contributed by atoms with Gasteiger partial charge in [-0.15, -0.1) is 11.3 Å². The molecule has 0 amide bonds. The predicted octanol–water partition coefficient (Wildman–Crippen LogP) is 17.5. The predicted molar refractivity (Wildman–Crippen MR) is 260 cm³/mol. The summed E-state index contributed by atoms with van der Waals surface area (Å²) in [5.74, 6) is 0. The second-order valence-corrected chi connectivity index (χ2v) is 17.3. The highest BCUT2D eigenvalue weighted by Crippen LogP contribution is 2.48. The summed E-state index contributed by atoms with van der Waals surface area (Å²) in [7, 11) is 0. The zero-order valence-corrected chi connectivity index (χ0v) is 33.5. The number of benzene rings is 11. The number of thiophene rings is 1. The smallest absolute Gasteiger partial charge is 0.153 e. The van der Waals surface area contributed by atoms with Crippen LogP contribution in [0.5, 0.6) is 0 Å². The third-order valence-electron chi connectivity index (χ3n) is 13.1. The highest BCUT2D eigenvalue weighted by molar-refractivity contribution is 7.26. The summed E-state index contributed by atoms with van der Waals surface area (Å²) in [5.41, 5.74) is 10.8. The van der Waals surface area contributed by atoms with E-state index in [9.17, 15) is 0 Å². The Morgan fingerprint density at radius 3 is 1.59 bits per heavy atom. The Labute approximate surface area is 353 Å². The quantitative estimate of drug-likeness (QED) is 0.167. The third-order valence-corrected chi connectivity index (χ3v) is 14.2. The van der Waals surface area contributed by atoms with Crippen LogP contribution in [0.4, 0.5) is 0 Å². The Kier molecular flexibility index (Phi) is 6.74. The van der Waals surface area contributed by atoms with Gasteiger partial charge in [-0.1, -0.05) is 152 Å². The molecular weight excluding hydrogens is 761 g/mol. The maximum absolute atomic E-state index is 6.86. The van der Waals surface area contributed by atoms with Gasteiger partial charge in [-0.05, 0) is 114 Å². The topological polar surface area (TPSA) is 26.3 Å². The first kappa shape index (κ1) is 33.1. The van der Waals surface area contributed by atoms with E-state index >= 15 is 0 Å². The maximum atomic E-state index is 6.86. The van der Waals surface area contributed by atoms with E-state index in [1.165, 1.54) is 69.2 Å². The Bertz CT molecular complexity index is 4120. The van der Waals surface area contributed by atoms with E-state index in [0.717, 1.165) is 71.3 Å². The van der Waals surface area contributed by atoms with E-state index < -0.39 is 0 Å². The van der Waals surface area contributed by atoms with Crippen LogP contribution in [0.3, 0.4) is 0 Å². The van der Waals surface area contributed by atoms with Crippen LogP contribution < -0.4 is 0 Å². The minimum atomic E-state index is 0.874. The van der Waals surface area contributed by atoms with Gasteiger partial charge >= 0.3 is 0 Å². The molecular formula is C58H32O2S. The van der Waals surface area contributed by atoms with Crippen LogP contribution in [0.15, 0.2) is 203 Å². The van der Waals surface area contributed by atoms with Crippen LogP contribution in [0.2, 0.25) is 0 Å². The normalized spacial score (nSPS) is 12.3. The Morgan fingerprint density at radius 2 is 0.836 bits per heavy atom. The van der Waals surface area contributed by atoms with Crippen molar-refractivity contribution >= 4 is 118 Å². The Balaban J connectivity index is 0.951. The lowest BCUT2D eigenvalue weighted by Gasteiger charge is -2.18. The lowest BCUT2D eigenvalue weighted by molar-refractivity contribution is 0.669. The molecule has 0 spiro atoms. The number of hydrogen-bond acceptors (Lipinski definition) is 3. The van der Waals surface area contributed by atoms with E-state index in [1.807, 2.05) is 11.3 Å². The third kappa shape index (κ3) is 4.67. The summed E-state index contributed by atoms with van der Waals surface area (Å²) in [6, 6.07) is 70.7. The molecule has 14 aromatic rings. The highest BCUT2D eigenvalue weighted by Gasteiger charge is 2.21. The molecule has 0 aliphatic rings. The number of hydrogen-bond donors (Lipinski definition) is 0. The van der Waals surface area contributed by atoms with Crippen molar-refractivity contribution in [2.45, 2.75) is 0 Å². The van der Waals surface area contributed by atoms with Crippen molar-refractivity contribution in [3.05, 3.63) is 194 Å². The Hall–Kier alpha value is -7.72. The standard InChI is InChI=1S/C58H32O2S/c1-2-14-36-33(12-1)13-11-22-41(36)55-44-19-6-4-17-42(44)54(43-18-5-7-20-45(43)55)35-25-27-39-38-26-24-34(30-51(38)59-52(39)31-35)49-32-50-47-28-29-48-40-16-9-10-23-53(40)61-58(48)57(47)60-56(50)46-21-8-3-15-37(46)49/h1-32H. The van der Waals surface area contributed by atoms with Gasteiger partial charge in [-0.2, -0.15) is 0 Å². The van der Waals surface area contributed by atoms with Crippen LogP contribution in [0.25, 0.3) is 141 Å². The molecule has 282 valence electrons. The summed E-state index contributed by atoms with van der Waals surface area (Å²) in [6.07, 6.45) is 0. The van der Waals surface area contributed by atoms with Crippen molar-refractivity contribution in [2.75, 3.05) is 0 Å². The summed E-state index contributed by atoms with van der Waals surface area (Å²) in [5, 5.41) is 16.7. The monoisotopic (exact) mass is 792 g/mol. The zero-order chi connectivity index (χ0) is 39.8. The first-order valence-corrected chi connectivity index (χ1v) is 21.6. The molecule has 61 heavy (non-hydrogen) atoms. The minimum Gasteiger partial charge on any atom is -0.456 e. The van der Waals surface area contributed by atoms with Crippen molar-refractivity contribution in [1.29, 1.82) is 0 Å². The van der Waals surface area contributed by atoms with Crippen LogP contribution in [0, 0.1) is 0 Å². The van der Waals surface area contributed by atoms with Crippen LogP contribution in [0.1, 0.15) is 0 Å². The second-order valence-electron chi connectivity index (χ2n) is 16.3. The van der Waals surface area contributed by atoms with E-state index in [4.69, 9.17) is 8.83 Å². The van der Waals surface area contributed by atoms with Crippen molar-refractivity contribution in [2.24, 2.45) is 0 Å². The van der Waals surface area contributed by atoms with Gasteiger partial charge in [0.05, 0.1) is 4.70 Å². The number of fused-ring (bicyclic) bond motifs is 15. The maximum Gasteiger partial charge on any atom is 0.153 e. The molecule has 2 nitrogen and oxygen atoms in total. The summed E-state index contributed by atoms with van der Waals surface area (Å²) in [6.45, 7) is 0. The Morgan fingerprint density at radius 1 is 0.295 bits per heavy atom. The molecule has 0 saturated carbocycles. The van der Waals surface area contributed by atoms with Crippen molar-refractivity contribution in [1.82, 2.24) is 0 Å². The first-order valence-electron chi connectivity index (χ1n) is 20.8. The average Bonchev–Trinajstić information content (AvgIpc) is 4.01. The number of rotatable bonds is 3. The van der Waals surface area contributed by atoms with Crippen LogP contribution in [-0.4, -0.2) is 0 Å². The second kappa shape index (κ2) is 12.4. The van der Waals surface area contributed by atoms with Crippen molar-refractivity contribution in [3.8, 4) is 33.4 Å². The molecule has 0 N–H and O–H groups in total. The lowest BCUT2D eigenvalue weighted by Crippen LogP contribution is -1.91. The zero-order valence-electron chi connectivity index (χ0n) is 32.7. The molecule has 0 fully saturated rings. The fourth-order valence-corrected chi connectivity index (χ4v) is 11.5. The summed E-state index contributed by atoms with van der Waals surface area (Å²) >= 11 is 1.81. The van der Waals surface area contributed by atoms with E-state index in [-0.39, 0.29) is 0 Å². The lowest BCUT2D eigenvalue weighted by atomic mass is 9.84. The van der Waals surface area contributed by atoms with Crippen LogP contribution >= 0.6 is 11.3 Å². The molecule has 0 unspecified atom stereocenters. The van der Waals surface area contributed by atoms with Gasteiger partial charge in [0.2, 0.25) is 0 Å². The molecule has 11 aromatic carbocycles. The van der Waals surface area contributed by atoms with Gasteiger partial charge in [0.25, 0.3) is 0 Å². The molecule has 3 heterocycles. The molecule has 0 bridgehead atoms. The van der Waals surface area contributed by atoms with Gasteiger partial charge in [0, 0.05) is 42.4 Å².